The van der Waals surface area contributed by atoms with Crippen LogP contribution in [0.1, 0.15) is 16.7 Å². The first-order valence-electron chi connectivity index (χ1n) is 8.05. The molecule has 0 aliphatic heterocycles. The first-order chi connectivity index (χ1) is 11.1. The second kappa shape index (κ2) is 7.51. The summed E-state index contributed by atoms with van der Waals surface area (Å²) >= 11 is 0. The molecular weight excluding hydrogens is 331 g/mol. The van der Waals surface area contributed by atoms with Gasteiger partial charge in [0.2, 0.25) is 0 Å². The molecule has 0 bridgehead atoms. The van der Waals surface area contributed by atoms with E-state index < -0.39 is 7.26 Å². The molecule has 0 heterocycles. The van der Waals surface area contributed by atoms with Crippen LogP contribution in [-0.4, -0.2) is 20.0 Å². The molecule has 3 aromatic rings. The molecule has 0 N–H and O–H groups in total. The maximum Gasteiger partial charge on any atom is 0.153 e. The maximum atomic E-state index is 2.44. The highest BCUT2D eigenvalue weighted by molar-refractivity contribution is 7.75. The first kappa shape index (κ1) is 18.7. The second-order valence-corrected chi connectivity index (χ2v) is 11.5. The van der Waals surface area contributed by atoms with Gasteiger partial charge in [-0.1, -0.05) is 91.0 Å². The van der Waals surface area contributed by atoms with Crippen molar-refractivity contribution in [2.24, 2.45) is 0 Å². The van der Waals surface area contributed by atoms with E-state index in [1.54, 1.807) is 0 Å². The van der Waals surface area contributed by atoms with Crippen molar-refractivity contribution < 1.29 is 12.4 Å². The molecule has 0 aliphatic carbocycles. The van der Waals surface area contributed by atoms with Gasteiger partial charge in [-0.2, -0.15) is 0 Å². The van der Waals surface area contributed by atoms with Gasteiger partial charge in [0.15, 0.2) is 5.16 Å². The Kier molecular flexibility index (Phi) is 5.86. The molecule has 24 heavy (non-hydrogen) atoms. The van der Waals surface area contributed by atoms with Gasteiger partial charge in [0.05, 0.1) is 0 Å². The Labute approximate surface area is 152 Å². The van der Waals surface area contributed by atoms with Crippen LogP contribution in [0.2, 0.25) is 0 Å². The molecule has 0 aliphatic rings. The maximum absolute atomic E-state index is 2.44. The Bertz CT molecular complexity index is 650. The van der Waals surface area contributed by atoms with E-state index in [1.807, 2.05) is 0 Å². The van der Waals surface area contributed by atoms with E-state index in [0.29, 0.717) is 0 Å². The Morgan fingerprint density at radius 1 is 0.500 bits per heavy atom. The van der Waals surface area contributed by atoms with Crippen LogP contribution in [0.4, 0.5) is 0 Å². The minimum absolute atomic E-state index is 0. The molecular formula is C22H24ClP. The largest absolute Gasteiger partial charge is 1.00 e. The fourth-order valence-corrected chi connectivity index (χ4v) is 6.47. The summed E-state index contributed by atoms with van der Waals surface area (Å²) in [7, 11) is -1.32. The van der Waals surface area contributed by atoms with E-state index in [4.69, 9.17) is 0 Å². The summed E-state index contributed by atoms with van der Waals surface area (Å²) < 4.78 is 0. The summed E-state index contributed by atoms with van der Waals surface area (Å²) in [5.74, 6) is 0. The molecule has 124 valence electrons. The molecule has 0 fully saturated rings. The van der Waals surface area contributed by atoms with Crippen molar-refractivity contribution in [1.29, 1.82) is 0 Å². The van der Waals surface area contributed by atoms with Crippen molar-refractivity contribution in [2.45, 2.75) is 5.16 Å². The fraction of sp³-hybridized carbons (Fsp3) is 0.182. The van der Waals surface area contributed by atoms with Gasteiger partial charge >= 0.3 is 0 Å². The average molecular weight is 355 g/mol. The van der Waals surface area contributed by atoms with Crippen LogP contribution in [0.15, 0.2) is 91.0 Å². The molecule has 2 heteroatoms. The number of benzene rings is 3. The molecule has 0 radical (unpaired) electrons. The van der Waals surface area contributed by atoms with Crippen LogP contribution in [0, 0.1) is 0 Å². The Balaban J connectivity index is 0.00000208. The molecule has 0 nitrogen and oxygen atoms in total. The lowest BCUT2D eigenvalue weighted by atomic mass is 9.84. The number of hydrogen-bond donors (Lipinski definition) is 0. The van der Waals surface area contributed by atoms with Crippen molar-refractivity contribution in [3.63, 3.8) is 0 Å². The highest BCUT2D eigenvalue weighted by atomic mass is 35.5. The van der Waals surface area contributed by atoms with Crippen LogP contribution in [0.3, 0.4) is 0 Å². The topological polar surface area (TPSA) is 0 Å². The smallest absolute Gasteiger partial charge is 0.153 e. The number of hydrogen-bond acceptors (Lipinski definition) is 0. The van der Waals surface area contributed by atoms with E-state index in [9.17, 15) is 0 Å². The van der Waals surface area contributed by atoms with Gasteiger partial charge in [0, 0.05) is 43.9 Å². The summed E-state index contributed by atoms with van der Waals surface area (Å²) in [5.41, 5.74) is 4.16. The van der Waals surface area contributed by atoms with Gasteiger partial charge in [-0.3, -0.25) is 0 Å². The van der Waals surface area contributed by atoms with Crippen LogP contribution in [0.25, 0.3) is 0 Å². The quantitative estimate of drug-likeness (QED) is 0.499. The molecule has 0 spiro atoms. The lowest BCUT2D eigenvalue weighted by Crippen LogP contribution is -3.00. The molecule has 0 saturated carbocycles. The molecule has 0 aromatic heterocycles. The third-order valence-corrected chi connectivity index (χ3v) is 7.37. The zero-order chi connectivity index (χ0) is 16.3. The second-order valence-electron chi connectivity index (χ2n) is 6.82. The summed E-state index contributed by atoms with van der Waals surface area (Å²) in [6.45, 7) is 7.33. The molecule has 0 unspecified atom stereocenters. The van der Waals surface area contributed by atoms with Crippen molar-refractivity contribution in [3.8, 4) is 0 Å². The molecule has 0 saturated heterocycles. The van der Waals surface area contributed by atoms with Crippen LogP contribution in [0.5, 0.6) is 0 Å². The monoisotopic (exact) mass is 354 g/mol. The Morgan fingerprint density at radius 3 is 0.958 bits per heavy atom. The minimum atomic E-state index is -1.32. The fourth-order valence-electron chi connectivity index (χ4n) is 3.70. The zero-order valence-electron chi connectivity index (χ0n) is 14.5. The average Bonchev–Trinajstić information content (AvgIpc) is 2.57. The van der Waals surface area contributed by atoms with Gasteiger partial charge < -0.3 is 12.4 Å². The third kappa shape index (κ3) is 3.14. The highest BCUT2D eigenvalue weighted by Crippen LogP contribution is 2.70. The molecule has 3 aromatic carbocycles. The van der Waals surface area contributed by atoms with E-state index in [0.717, 1.165) is 0 Å². The molecule has 0 amide bonds. The molecule has 3 rings (SSSR count). The summed E-state index contributed by atoms with van der Waals surface area (Å²) in [6, 6.07) is 33.0. The van der Waals surface area contributed by atoms with Crippen molar-refractivity contribution in [3.05, 3.63) is 108 Å². The normalized spacial score (nSPS) is 11.6. The van der Waals surface area contributed by atoms with Crippen molar-refractivity contribution >= 4 is 7.26 Å². The van der Waals surface area contributed by atoms with Crippen molar-refractivity contribution in [2.75, 3.05) is 20.0 Å². The van der Waals surface area contributed by atoms with E-state index >= 15 is 0 Å². The SMILES string of the molecule is C[P+](C)(C)C(c1ccccc1)(c1ccccc1)c1ccccc1.[Cl-]. The first-order valence-corrected chi connectivity index (χ1v) is 11.2. The highest BCUT2D eigenvalue weighted by Gasteiger charge is 2.52. The van der Waals surface area contributed by atoms with E-state index in [2.05, 4.69) is 111 Å². The molecule has 0 atom stereocenters. The van der Waals surface area contributed by atoms with Gasteiger partial charge in [0.25, 0.3) is 0 Å². The summed E-state index contributed by atoms with van der Waals surface area (Å²) in [4.78, 5) is 0. The van der Waals surface area contributed by atoms with Gasteiger partial charge in [-0.15, -0.1) is 0 Å². The zero-order valence-corrected chi connectivity index (χ0v) is 16.1. The number of halogens is 1. The van der Waals surface area contributed by atoms with Crippen LogP contribution >= 0.6 is 7.26 Å². The summed E-state index contributed by atoms with van der Waals surface area (Å²) in [6.07, 6.45) is 0. The van der Waals surface area contributed by atoms with Crippen molar-refractivity contribution in [1.82, 2.24) is 0 Å². The van der Waals surface area contributed by atoms with E-state index in [1.165, 1.54) is 16.7 Å². The van der Waals surface area contributed by atoms with E-state index in [-0.39, 0.29) is 17.6 Å². The minimum Gasteiger partial charge on any atom is -1.00 e. The predicted molar refractivity (Wildman–Crippen MR) is 104 cm³/mol. The van der Waals surface area contributed by atoms with Crippen LogP contribution in [-0.2, 0) is 5.16 Å². The lowest BCUT2D eigenvalue weighted by molar-refractivity contribution is -0.00000480. The standard InChI is InChI=1S/C22H24P.ClH/c1-23(2,3)22(19-13-7-4-8-14-19,20-15-9-5-10-16-20)21-17-11-6-12-18-21;/h4-18H,1-3H3;1H/q+1;/p-1. The predicted octanol–water partition coefficient (Wildman–Crippen LogP) is 2.89. The summed E-state index contributed by atoms with van der Waals surface area (Å²) in [5, 5.41) is -0.0726. The van der Waals surface area contributed by atoms with Gasteiger partial charge in [-0.25, -0.2) is 0 Å². The van der Waals surface area contributed by atoms with Crippen LogP contribution < -0.4 is 12.4 Å². The third-order valence-electron chi connectivity index (χ3n) is 4.58. The Morgan fingerprint density at radius 2 is 0.750 bits per heavy atom. The number of rotatable bonds is 4. The van der Waals surface area contributed by atoms with Gasteiger partial charge in [-0.05, 0) is 0 Å². The lowest BCUT2D eigenvalue weighted by Gasteiger charge is -2.40. The Hall–Kier alpha value is -1.62. The van der Waals surface area contributed by atoms with Gasteiger partial charge in [0.1, 0.15) is 0 Å².